The van der Waals surface area contributed by atoms with Crippen molar-refractivity contribution in [2.24, 2.45) is 0 Å². The first kappa shape index (κ1) is 19.8. The monoisotopic (exact) mass is 398 g/mol. The Hall–Kier alpha value is -2.99. The van der Waals surface area contributed by atoms with Crippen LogP contribution in [0, 0.1) is 5.82 Å². The second-order valence-electron chi connectivity index (χ2n) is 6.37. The maximum atomic E-state index is 14.3. The van der Waals surface area contributed by atoms with Crippen LogP contribution in [0.4, 0.5) is 4.39 Å². The fourth-order valence-electron chi connectivity index (χ4n) is 2.78. The highest BCUT2D eigenvalue weighted by Crippen LogP contribution is 2.29. The Kier molecular flexibility index (Phi) is 5.90. The van der Waals surface area contributed by atoms with Gasteiger partial charge < -0.3 is 4.74 Å². The lowest BCUT2D eigenvalue weighted by atomic mass is 10.0. The number of Topliss-reactive ketones (excluding diaryl/α,β-unsaturated/α-hetero) is 1. The molecule has 0 radical (unpaired) electrons. The maximum Gasteiger partial charge on any atom is 0.186 e. The molecule has 144 valence electrons. The molecule has 0 atom stereocenters. The smallest absolute Gasteiger partial charge is 0.186 e. The van der Waals surface area contributed by atoms with Crippen LogP contribution in [0.1, 0.15) is 12.5 Å². The minimum atomic E-state index is -3.89. The predicted octanol–water partition coefficient (Wildman–Crippen LogP) is 4.43. The van der Waals surface area contributed by atoms with Gasteiger partial charge in [-0.3, -0.25) is 4.79 Å². The maximum absolute atomic E-state index is 14.3. The molecule has 0 heterocycles. The molecule has 3 aromatic carbocycles. The number of ketones is 1. The van der Waals surface area contributed by atoms with Crippen molar-refractivity contribution in [2.45, 2.75) is 17.6 Å². The van der Waals surface area contributed by atoms with Gasteiger partial charge in [0.1, 0.15) is 23.1 Å². The standard InChI is InChI=1S/C22H19FO4S/c1-16(24)14-27-21-9-5-6-10-22(21)28(25,26)15-19-13-18(11-12-20(19)23)17-7-3-2-4-8-17/h2-13H,14-15H2,1H3. The van der Waals surface area contributed by atoms with E-state index in [1.807, 2.05) is 30.3 Å². The molecule has 0 saturated heterocycles. The first-order valence-corrected chi connectivity index (χ1v) is 10.3. The summed E-state index contributed by atoms with van der Waals surface area (Å²) < 4.78 is 45.5. The van der Waals surface area contributed by atoms with E-state index in [2.05, 4.69) is 0 Å². The summed E-state index contributed by atoms with van der Waals surface area (Å²) in [4.78, 5) is 11.1. The van der Waals surface area contributed by atoms with Gasteiger partial charge in [0.15, 0.2) is 15.6 Å². The Balaban J connectivity index is 1.94. The van der Waals surface area contributed by atoms with Crippen LogP contribution in [0.25, 0.3) is 11.1 Å². The van der Waals surface area contributed by atoms with Crippen LogP contribution < -0.4 is 4.74 Å². The number of sulfone groups is 1. The summed E-state index contributed by atoms with van der Waals surface area (Å²) in [6, 6.07) is 19.8. The number of para-hydroxylation sites is 1. The van der Waals surface area contributed by atoms with Crippen molar-refractivity contribution in [1.82, 2.24) is 0 Å². The summed E-state index contributed by atoms with van der Waals surface area (Å²) in [6.45, 7) is 1.12. The van der Waals surface area contributed by atoms with E-state index in [0.29, 0.717) is 0 Å². The minimum absolute atomic E-state index is 0.0687. The largest absolute Gasteiger partial charge is 0.484 e. The predicted molar refractivity (Wildman–Crippen MR) is 105 cm³/mol. The SMILES string of the molecule is CC(=O)COc1ccccc1S(=O)(=O)Cc1cc(-c2ccccc2)ccc1F. The molecule has 0 aliphatic carbocycles. The number of rotatable bonds is 7. The number of carbonyl (C=O) groups excluding carboxylic acids is 1. The van der Waals surface area contributed by atoms with Crippen molar-refractivity contribution in [3.8, 4) is 16.9 Å². The van der Waals surface area contributed by atoms with Gasteiger partial charge in [-0.25, -0.2) is 12.8 Å². The molecule has 28 heavy (non-hydrogen) atoms. The van der Waals surface area contributed by atoms with E-state index >= 15 is 0 Å². The molecule has 0 unspecified atom stereocenters. The lowest BCUT2D eigenvalue weighted by Crippen LogP contribution is -2.12. The van der Waals surface area contributed by atoms with Crippen LogP contribution in [-0.4, -0.2) is 20.8 Å². The molecule has 0 saturated carbocycles. The molecule has 6 heteroatoms. The van der Waals surface area contributed by atoms with Crippen molar-refractivity contribution in [3.63, 3.8) is 0 Å². The van der Waals surface area contributed by atoms with Crippen LogP contribution in [0.2, 0.25) is 0 Å². The Morgan fingerprint density at radius 3 is 2.32 bits per heavy atom. The van der Waals surface area contributed by atoms with Crippen LogP contribution in [0.5, 0.6) is 5.75 Å². The molecule has 3 aromatic rings. The number of halogens is 1. The van der Waals surface area contributed by atoms with Gasteiger partial charge >= 0.3 is 0 Å². The van der Waals surface area contributed by atoms with Crippen molar-refractivity contribution >= 4 is 15.6 Å². The lowest BCUT2D eigenvalue weighted by molar-refractivity contribution is -0.118. The zero-order valence-electron chi connectivity index (χ0n) is 15.3. The number of ether oxygens (including phenoxy) is 1. The van der Waals surface area contributed by atoms with E-state index < -0.39 is 21.4 Å². The molecule has 0 aliphatic heterocycles. The average molecular weight is 398 g/mol. The molecule has 0 amide bonds. The van der Waals surface area contributed by atoms with E-state index in [1.165, 1.54) is 25.1 Å². The third-order valence-corrected chi connectivity index (χ3v) is 5.81. The summed E-state index contributed by atoms with van der Waals surface area (Å²) in [7, 11) is -3.89. The third kappa shape index (κ3) is 4.64. The van der Waals surface area contributed by atoms with Crippen LogP contribution in [0.3, 0.4) is 0 Å². The van der Waals surface area contributed by atoms with E-state index in [1.54, 1.807) is 24.3 Å². The molecule has 0 aliphatic rings. The number of hydrogen-bond donors (Lipinski definition) is 0. The Morgan fingerprint density at radius 1 is 0.929 bits per heavy atom. The van der Waals surface area contributed by atoms with Gasteiger partial charge in [-0.15, -0.1) is 0 Å². The highest BCUT2D eigenvalue weighted by atomic mass is 32.2. The Labute approximate surface area is 163 Å². The molecule has 0 N–H and O–H groups in total. The van der Waals surface area contributed by atoms with Gasteiger partial charge in [0, 0.05) is 5.56 Å². The number of hydrogen-bond acceptors (Lipinski definition) is 4. The second kappa shape index (κ2) is 8.35. The van der Waals surface area contributed by atoms with E-state index in [-0.39, 0.29) is 28.6 Å². The topological polar surface area (TPSA) is 60.4 Å². The Bertz CT molecular complexity index is 1090. The fourth-order valence-corrected chi connectivity index (χ4v) is 4.29. The third-order valence-electron chi connectivity index (χ3n) is 4.11. The highest BCUT2D eigenvalue weighted by Gasteiger charge is 2.22. The number of carbonyl (C=O) groups is 1. The molecule has 4 nitrogen and oxygen atoms in total. The summed E-state index contributed by atoms with van der Waals surface area (Å²) in [5.41, 5.74) is 1.67. The van der Waals surface area contributed by atoms with Gasteiger partial charge in [0.2, 0.25) is 0 Å². The van der Waals surface area contributed by atoms with Crippen LogP contribution in [-0.2, 0) is 20.4 Å². The molecule has 0 aromatic heterocycles. The quantitative estimate of drug-likeness (QED) is 0.591. The summed E-state index contributed by atoms with van der Waals surface area (Å²) in [5.74, 6) is -1.25. The Morgan fingerprint density at radius 2 is 1.61 bits per heavy atom. The zero-order chi connectivity index (χ0) is 20.1. The van der Waals surface area contributed by atoms with E-state index in [0.717, 1.165) is 11.1 Å². The molecule has 3 rings (SSSR count). The fraction of sp³-hybridized carbons (Fsp3) is 0.136. The lowest BCUT2D eigenvalue weighted by Gasteiger charge is -2.12. The van der Waals surface area contributed by atoms with Crippen molar-refractivity contribution < 1.29 is 22.3 Å². The summed E-state index contributed by atoms with van der Waals surface area (Å²) in [6.07, 6.45) is 0. The molecule has 0 fully saturated rings. The first-order chi connectivity index (χ1) is 13.4. The molecular formula is C22H19FO4S. The summed E-state index contributed by atoms with van der Waals surface area (Å²) >= 11 is 0. The first-order valence-electron chi connectivity index (χ1n) is 8.65. The van der Waals surface area contributed by atoms with E-state index in [4.69, 9.17) is 4.74 Å². The van der Waals surface area contributed by atoms with Gasteiger partial charge in [-0.2, -0.15) is 0 Å². The van der Waals surface area contributed by atoms with Crippen LogP contribution in [0.15, 0.2) is 77.7 Å². The molecular weight excluding hydrogens is 379 g/mol. The second-order valence-corrected chi connectivity index (χ2v) is 8.33. The van der Waals surface area contributed by atoms with Crippen molar-refractivity contribution in [1.29, 1.82) is 0 Å². The van der Waals surface area contributed by atoms with E-state index in [9.17, 15) is 17.6 Å². The average Bonchev–Trinajstić information content (AvgIpc) is 2.69. The van der Waals surface area contributed by atoms with Crippen molar-refractivity contribution in [3.05, 3.63) is 84.2 Å². The summed E-state index contributed by atoms with van der Waals surface area (Å²) in [5, 5.41) is 0. The minimum Gasteiger partial charge on any atom is -0.484 e. The van der Waals surface area contributed by atoms with Gasteiger partial charge in [0.25, 0.3) is 0 Å². The molecule has 0 spiro atoms. The van der Waals surface area contributed by atoms with Gasteiger partial charge in [-0.05, 0) is 42.3 Å². The normalized spacial score (nSPS) is 11.2. The molecule has 0 bridgehead atoms. The van der Waals surface area contributed by atoms with Gasteiger partial charge in [0.05, 0.1) is 5.75 Å². The van der Waals surface area contributed by atoms with Crippen molar-refractivity contribution in [2.75, 3.05) is 6.61 Å². The number of benzene rings is 3. The van der Waals surface area contributed by atoms with Gasteiger partial charge in [-0.1, -0.05) is 48.5 Å². The highest BCUT2D eigenvalue weighted by molar-refractivity contribution is 7.90. The zero-order valence-corrected chi connectivity index (χ0v) is 16.1. The van der Waals surface area contributed by atoms with Crippen LogP contribution >= 0.6 is 0 Å².